The van der Waals surface area contributed by atoms with Gasteiger partial charge in [0.15, 0.2) is 0 Å². The van der Waals surface area contributed by atoms with Crippen LogP contribution in [-0.4, -0.2) is 15.7 Å². The van der Waals surface area contributed by atoms with Crippen molar-refractivity contribution in [2.45, 2.75) is 11.5 Å². The standard InChI is InChI=1S/C24H17BrClN3O2S/c25-15-6-11-21(26)19(12-15)24(30)27-23-20-13-32-14-22(20)28-29(23)16-7-9-18(10-8-16)31-17-4-2-1-3-5-17/h1-12H,13-14H2,(H,27,30). The molecule has 32 heavy (non-hydrogen) atoms. The van der Waals surface area contributed by atoms with Gasteiger partial charge in [0.05, 0.1) is 22.0 Å². The zero-order chi connectivity index (χ0) is 22.1. The Morgan fingerprint density at radius 3 is 2.56 bits per heavy atom. The van der Waals surface area contributed by atoms with Crippen LogP contribution in [0.1, 0.15) is 21.6 Å². The van der Waals surface area contributed by atoms with Gasteiger partial charge in [0.25, 0.3) is 5.91 Å². The topological polar surface area (TPSA) is 56.2 Å². The lowest BCUT2D eigenvalue weighted by Crippen LogP contribution is -2.16. The third-order valence-electron chi connectivity index (χ3n) is 5.02. The lowest BCUT2D eigenvalue weighted by molar-refractivity contribution is 0.102. The third kappa shape index (κ3) is 4.28. The summed E-state index contributed by atoms with van der Waals surface area (Å²) in [5, 5.41) is 8.19. The van der Waals surface area contributed by atoms with E-state index in [9.17, 15) is 4.79 Å². The van der Waals surface area contributed by atoms with Crippen molar-refractivity contribution < 1.29 is 9.53 Å². The van der Waals surface area contributed by atoms with E-state index in [2.05, 4.69) is 21.2 Å². The second-order valence-corrected chi connectivity index (χ2v) is 9.47. The number of ether oxygens (including phenoxy) is 1. The number of thioether (sulfide) groups is 1. The maximum Gasteiger partial charge on any atom is 0.258 e. The number of carbonyl (C=O) groups excluding carboxylic acids is 1. The summed E-state index contributed by atoms with van der Waals surface area (Å²) in [4.78, 5) is 13.0. The van der Waals surface area contributed by atoms with E-state index in [1.165, 1.54) is 0 Å². The second kappa shape index (κ2) is 9.02. The number of carbonyl (C=O) groups is 1. The molecule has 5 nitrogen and oxygen atoms in total. The Bertz CT molecular complexity index is 1290. The molecule has 0 saturated heterocycles. The zero-order valence-electron chi connectivity index (χ0n) is 16.7. The first-order chi connectivity index (χ1) is 15.6. The summed E-state index contributed by atoms with van der Waals surface area (Å²) in [6.07, 6.45) is 0. The van der Waals surface area contributed by atoms with Gasteiger partial charge in [-0.1, -0.05) is 45.7 Å². The van der Waals surface area contributed by atoms with E-state index in [0.29, 0.717) is 16.4 Å². The van der Waals surface area contributed by atoms with Crippen molar-refractivity contribution in [3.8, 4) is 17.2 Å². The molecule has 0 aliphatic carbocycles. The van der Waals surface area contributed by atoms with Gasteiger partial charge in [0, 0.05) is 21.5 Å². The van der Waals surface area contributed by atoms with Gasteiger partial charge < -0.3 is 10.1 Å². The van der Waals surface area contributed by atoms with Crippen molar-refractivity contribution in [3.05, 3.63) is 99.1 Å². The fraction of sp³-hybridized carbons (Fsp3) is 0.0833. The molecule has 1 aliphatic heterocycles. The molecule has 0 fully saturated rings. The van der Waals surface area contributed by atoms with E-state index in [-0.39, 0.29) is 5.91 Å². The summed E-state index contributed by atoms with van der Waals surface area (Å²) < 4.78 is 8.45. The molecule has 4 aromatic rings. The summed E-state index contributed by atoms with van der Waals surface area (Å²) >= 11 is 11.4. The monoisotopic (exact) mass is 525 g/mol. The molecular weight excluding hydrogens is 510 g/mol. The molecule has 8 heteroatoms. The molecule has 0 radical (unpaired) electrons. The number of amides is 1. The first-order valence-electron chi connectivity index (χ1n) is 9.87. The molecule has 0 bridgehead atoms. The van der Waals surface area contributed by atoms with Crippen molar-refractivity contribution in [3.63, 3.8) is 0 Å². The Morgan fingerprint density at radius 1 is 1.03 bits per heavy atom. The van der Waals surface area contributed by atoms with Crippen LogP contribution in [0.2, 0.25) is 5.02 Å². The number of hydrogen-bond acceptors (Lipinski definition) is 4. The smallest absolute Gasteiger partial charge is 0.258 e. The van der Waals surface area contributed by atoms with Gasteiger partial charge in [-0.05, 0) is 54.6 Å². The van der Waals surface area contributed by atoms with E-state index in [1.54, 1.807) is 34.6 Å². The minimum atomic E-state index is -0.277. The van der Waals surface area contributed by atoms with Crippen LogP contribution in [0.4, 0.5) is 5.82 Å². The van der Waals surface area contributed by atoms with Crippen molar-refractivity contribution in [2.75, 3.05) is 5.32 Å². The number of benzene rings is 3. The molecular formula is C24H17BrClN3O2S. The number of nitrogens with one attached hydrogen (secondary N) is 1. The lowest BCUT2D eigenvalue weighted by Gasteiger charge is -2.13. The number of anilines is 1. The molecule has 1 aliphatic rings. The number of nitrogens with zero attached hydrogens (tertiary/aromatic N) is 2. The van der Waals surface area contributed by atoms with Gasteiger partial charge in [-0.25, -0.2) is 4.68 Å². The highest BCUT2D eigenvalue weighted by Gasteiger charge is 2.25. The Balaban J connectivity index is 1.45. The Kier molecular flexibility index (Phi) is 5.95. The highest BCUT2D eigenvalue weighted by atomic mass is 79.9. The molecule has 3 aromatic carbocycles. The Labute approximate surface area is 202 Å². The van der Waals surface area contributed by atoms with Gasteiger partial charge in [0.2, 0.25) is 0 Å². The van der Waals surface area contributed by atoms with Crippen molar-refractivity contribution in [1.82, 2.24) is 9.78 Å². The molecule has 0 atom stereocenters. The lowest BCUT2D eigenvalue weighted by atomic mass is 10.2. The van der Waals surface area contributed by atoms with Crippen LogP contribution in [0.3, 0.4) is 0 Å². The molecule has 1 aromatic heterocycles. The Hall–Kier alpha value is -2.74. The number of para-hydroxylation sites is 1. The van der Waals surface area contributed by atoms with E-state index in [4.69, 9.17) is 21.4 Å². The molecule has 1 amide bonds. The van der Waals surface area contributed by atoms with Crippen molar-refractivity contribution >= 4 is 51.0 Å². The van der Waals surface area contributed by atoms with Gasteiger partial charge in [-0.15, -0.1) is 0 Å². The first-order valence-corrected chi connectivity index (χ1v) is 12.2. The molecule has 160 valence electrons. The summed E-state index contributed by atoms with van der Waals surface area (Å²) in [5.41, 5.74) is 3.26. The SMILES string of the molecule is O=C(Nc1c2c(nn1-c1ccc(Oc3ccccc3)cc1)CSC2)c1cc(Br)ccc1Cl. The largest absolute Gasteiger partial charge is 0.457 e. The number of hydrogen-bond donors (Lipinski definition) is 1. The average molecular weight is 527 g/mol. The van der Waals surface area contributed by atoms with Crippen molar-refractivity contribution in [2.24, 2.45) is 0 Å². The molecule has 0 spiro atoms. The van der Waals surface area contributed by atoms with Crippen LogP contribution in [0.15, 0.2) is 77.3 Å². The van der Waals surface area contributed by atoms with E-state index < -0.39 is 0 Å². The van der Waals surface area contributed by atoms with Crippen LogP contribution in [-0.2, 0) is 11.5 Å². The molecule has 1 N–H and O–H groups in total. The normalized spacial score (nSPS) is 12.4. The molecule has 0 saturated carbocycles. The number of fused-ring (bicyclic) bond motifs is 1. The van der Waals surface area contributed by atoms with Gasteiger partial charge in [-0.3, -0.25) is 4.79 Å². The van der Waals surface area contributed by atoms with Crippen LogP contribution in [0, 0.1) is 0 Å². The summed E-state index contributed by atoms with van der Waals surface area (Å²) in [6, 6.07) is 22.5. The van der Waals surface area contributed by atoms with Crippen LogP contribution < -0.4 is 10.1 Å². The summed E-state index contributed by atoms with van der Waals surface area (Å²) in [6.45, 7) is 0. The van der Waals surface area contributed by atoms with Crippen LogP contribution in [0.25, 0.3) is 5.69 Å². The quantitative estimate of drug-likeness (QED) is 0.302. The minimum absolute atomic E-state index is 0.277. The van der Waals surface area contributed by atoms with Gasteiger partial charge >= 0.3 is 0 Å². The third-order valence-corrected chi connectivity index (χ3v) is 6.81. The summed E-state index contributed by atoms with van der Waals surface area (Å²) in [5.74, 6) is 3.50. The maximum atomic E-state index is 13.0. The van der Waals surface area contributed by atoms with Crippen molar-refractivity contribution in [1.29, 1.82) is 0 Å². The van der Waals surface area contributed by atoms with E-state index in [1.807, 2.05) is 54.6 Å². The van der Waals surface area contributed by atoms with E-state index in [0.717, 1.165) is 44.4 Å². The average Bonchev–Trinajstić information content (AvgIpc) is 3.39. The van der Waals surface area contributed by atoms with Crippen LogP contribution in [0.5, 0.6) is 11.5 Å². The molecule has 0 unspecified atom stereocenters. The number of aromatic nitrogens is 2. The van der Waals surface area contributed by atoms with Gasteiger partial charge in [-0.2, -0.15) is 16.9 Å². The summed E-state index contributed by atoms with van der Waals surface area (Å²) in [7, 11) is 0. The predicted molar refractivity (Wildman–Crippen MR) is 132 cm³/mol. The first kappa shape index (κ1) is 21.1. The fourth-order valence-corrected chi connectivity index (χ4v) is 5.05. The fourth-order valence-electron chi connectivity index (χ4n) is 3.45. The zero-order valence-corrected chi connectivity index (χ0v) is 19.9. The van der Waals surface area contributed by atoms with Gasteiger partial charge in [0.1, 0.15) is 17.3 Å². The predicted octanol–water partition coefficient (Wildman–Crippen LogP) is 7.08. The molecule has 2 heterocycles. The molecule has 5 rings (SSSR count). The number of rotatable bonds is 5. The number of halogens is 2. The van der Waals surface area contributed by atoms with E-state index >= 15 is 0 Å². The second-order valence-electron chi connectivity index (χ2n) is 7.17. The van der Waals surface area contributed by atoms with Crippen LogP contribution >= 0.6 is 39.3 Å². The minimum Gasteiger partial charge on any atom is -0.457 e. The maximum absolute atomic E-state index is 13.0. The Morgan fingerprint density at radius 2 is 1.78 bits per heavy atom. The highest BCUT2D eigenvalue weighted by molar-refractivity contribution is 9.10. The highest BCUT2D eigenvalue weighted by Crippen LogP contribution is 2.37.